The normalized spacial score (nSPS) is 10.4. The van der Waals surface area contributed by atoms with Crippen molar-refractivity contribution in [1.82, 2.24) is 0 Å². The fraction of sp³-hybridized carbons (Fsp3) is 0.312. The fourth-order valence-electron chi connectivity index (χ4n) is 2.03. The van der Waals surface area contributed by atoms with Crippen LogP contribution in [0.5, 0.6) is 5.75 Å². The van der Waals surface area contributed by atoms with Gasteiger partial charge in [0.1, 0.15) is 11.5 Å². The molecule has 1 heterocycles. The van der Waals surface area contributed by atoms with Gasteiger partial charge < -0.3 is 20.2 Å². The van der Waals surface area contributed by atoms with Crippen LogP contribution in [0.1, 0.15) is 24.7 Å². The van der Waals surface area contributed by atoms with Crippen LogP contribution in [0.4, 0.5) is 5.69 Å². The average Bonchev–Trinajstić information content (AvgIpc) is 3.00. The second-order valence-electron chi connectivity index (χ2n) is 4.59. The lowest BCUT2D eigenvalue weighted by Gasteiger charge is -2.11. The van der Waals surface area contributed by atoms with Crippen LogP contribution in [0.15, 0.2) is 41.0 Å². The molecule has 0 fully saturated rings. The van der Waals surface area contributed by atoms with Crippen molar-refractivity contribution in [2.45, 2.75) is 26.3 Å². The van der Waals surface area contributed by atoms with Crippen LogP contribution < -0.4 is 15.8 Å². The predicted molar refractivity (Wildman–Crippen MR) is 81.2 cm³/mol. The molecule has 5 heteroatoms. The Morgan fingerprint density at radius 1 is 1.38 bits per heavy atom. The molecule has 0 aliphatic rings. The number of amides is 1. The molecule has 2 aromatic rings. The van der Waals surface area contributed by atoms with E-state index in [1.54, 1.807) is 6.26 Å². The predicted octanol–water partition coefficient (Wildman–Crippen LogP) is 2.71. The summed E-state index contributed by atoms with van der Waals surface area (Å²) >= 11 is 0. The molecule has 1 aromatic carbocycles. The zero-order valence-electron chi connectivity index (χ0n) is 12.1. The number of hydrogen-bond acceptors (Lipinski definition) is 4. The summed E-state index contributed by atoms with van der Waals surface area (Å²) in [6.07, 6.45) is 2.56. The maximum Gasteiger partial charge on any atom is 0.224 e. The summed E-state index contributed by atoms with van der Waals surface area (Å²) < 4.78 is 10.7. The molecular weight excluding hydrogens is 268 g/mol. The molecule has 1 amide bonds. The molecule has 0 unspecified atom stereocenters. The second-order valence-corrected chi connectivity index (χ2v) is 4.59. The Kier molecular flexibility index (Phi) is 5.40. The van der Waals surface area contributed by atoms with E-state index in [4.69, 9.17) is 14.9 Å². The van der Waals surface area contributed by atoms with E-state index in [1.807, 2.05) is 37.3 Å². The van der Waals surface area contributed by atoms with Crippen LogP contribution in [0.2, 0.25) is 0 Å². The highest BCUT2D eigenvalue weighted by atomic mass is 16.5. The van der Waals surface area contributed by atoms with Gasteiger partial charge >= 0.3 is 0 Å². The molecule has 1 aromatic heterocycles. The summed E-state index contributed by atoms with van der Waals surface area (Å²) in [5.41, 5.74) is 7.30. The largest absolute Gasteiger partial charge is 0.494 e. The van der Waals surface area contributed by atoms with Gasteiger partial charge in [0.2, 0.25) is 5.91 Å². The number of ether oxygens (including phenoxy) is 1. The Bertz CT molecular complexity index is 579. The van der Waals surface area contributed by atoms with E-state index in [9.17, 15) is 4.79 Å². The maximum absolute atomic E-state index is 11.9. The molecule has 5 nitrogen and oxygen atoms in total. The standard InChI is InChI=1S/C16H20N2O3/c1-2-20-15-7-5-13(10-12(15)11-17)18-16(19)8-6-14-4-3-9-21-14/h3-5,7,9-10H,2,6,8,11,17H2,1H3,(H,18,19). The summed E-state index contributed by atoms with van der Waals surface area (Å²) in [6.45, 7) is 2.87. The maximum atomic E-state index is 11.9. The summed E-state index contributed by atoms with van der Waals surface area (Å²) in [4.78, 5) is 11.9. The summed E-state index contributed by atoms with van der Waals surface area (Å²) in [7, 11) is 0. The quantitative estimate of drug-likeness (QED) is 0.821. The minimum absolute atomic E-state index is 0.0569. The van der Waals surface area contributed by atoms with E-state index in [0.717, 1.165) is 22.8 Å². The molecule has 0 spiro atoms. The molecule has 0 bridgehead atoms. The van der Waals surface area contributed by atoms with Crippen LogP contribution in [0, 0.1) is 0 Å². The SMILES string of the molecule is CCOc1ccc(NC(=O)CCc2ccco2)cc1CN. The minimum Gasteiger partial charge on any atom is -0.494 e. The number of nitrogens with two attached hydrogens (primary N) is 1. The zero-order valence-corrected chi connectivity index (χ0v) is 12.1. The Hall–Kier alpha value is -2.27. The number of hydrogen-bond donors (Lipinski definition) is 2. The molecule has 0 aliphatic carbocycles. The molecule has 21 heavy (non-hydrogen) atoms. The van der Waals surface area contributed by atoms with Crippen molar-refractivity contribution in [1.29, 1.82) is 0 Å². The van der Waals surface area contributed by atoms with Gasteiger partial charge in [-0.1, -0.05) is 0 Å². The van der Waals surface area contributed by atoms with E-state index >= 15 is 0 Å². The lowest BCUT2D eigenvalue weighted by molar-refractivity contribution is -0.116. The van der Waals surface area contributed by atoms with Gasteiger partial charge in [0.15, 0.2) is 0 Å². The van der Waals surface area contributed by atoms with Crippen molar-refractivity contribution >= 4 is 11.6 Å². The van der Waals surface area contributed by atoms with Gasteiger partial charge in [0, 0.05) is 30.6 Å². The van der Waals surface area contributed by atoms with E-state index in [0.29, 0.717) is 26.0 Å². The lowest BCUT2D eigenvalue weighted by Crippen LogP contribution is -2.13. The summed E-state index contributed by atoms with van der Waals surface area (Å²) in [5, 5.41) is 2.86. The Morgan fingerprint density at radius 2 is 2.24 bits per heavy atom. The number of benzene rings is 1. The monoisotopic (exact) mass is 288 g/mol. The van der Waals surface area contributed by atoms with Crippen molar-refractivity contribution in [3.63, 3.8) is 0 Å². The molecule has 0 saturated heterocycles. The molecule has 0 aliphatic heterocycles. The number of furan rings is 1. The Morgan fingerprint density at radius 3 is 2.90 bits per heavy atom. The van der Waals surface area contributed by atoms with Gasteiger partial charge in [0.05, 0.1) is 12.9 Å². The number of carbonyl (C=O) groups is 1. The third kappa shape index (κ3) is 4.36. The third-order valence-electron chi connectivity index (χ3n) is 3.04. The number of rotatable bonds is 7. The van der Waals surface area contributed by atoms with E-state index in [2.05, 4.69) is 5.32 Å². The topological polar surface area (TPSA) is 77.5 Å². The Labute approximate surface area is 124 Å². The van der Waals surface area contributed by atoms with Crippen molar-refractivity contribution in [3.8, 4) is 5.75 Å². The number of carbonyl (C=O) groups excluding carboxylic acids is 1. The van der Waals surface area contributed by atoms with E-state index in [1.165, 1.54) is 0 Å². The summed E-state index contributed by atoms with van der Waals surface area (Å²) in [6, 6.07) is 9.16. The second kappa shape index (κ2) is 7.50. The number of nitrogens with one attached hydrogen (secondary N) is 1. The smallest absolute Gasteiger partial charge is 0.224 e. The third-order valence-corrected chi connectivity index (χ3v) is 3.04. The first kappa shape index (κ1) is 15.1. The highest BCUT2D eigenvalue weighted by molar-refractivity contribution is 5.91. The van der Waals surface area contributed by atoms with Gasteiger partial charge in [-0.3, -0.25) is 4.79 Å². The first-order valence-electron chi connectivity index (χ1n) is 7.01. The molecule has 0 radical (unpaired) electrons. The van der Waals surface area contributed by atoms with Crippen molar-refractivity contribution in [3.05, 3.63) is 47.9 Å². The van der Waals surface area contributed by atoms with Crippen LogP contribution >= 0.6 is 0 Å². The minimum atomic E-state index is -0.0569. The highest BCUT2D eigenvalue weighted by Crippen LogP contribution is 2.22. The van der Waals surface area contributed by atoms with Crippen LogP contribution in [-0.4, -0.2) is 12.5 Å². The molecule has 3 N–H and O–H groups in total. The first-order chi connectivity index (χ1) is 10.2. The van der Waals surface area contributed by atoms with Gasteiger partial charge in [-0.05, 0) is 37.3 Å². The Balaban J connectivity index is 1.93. The number of aryl methyl sites for hydroxylation is 1. The van der Waals surface area contributed by atoms with Crippen LogP contribution in [0.3, 0.4) is 0 Å². The average molecular weight is 288 g/mol. The van der Waals surface area contributed by atoms with E-state index in [-0.39, 0.29) is 5.91 Å². The molecule has 112 valence electrons. The van der Waals surface area contributed by atoms with Crippen molar-refractivity contribution < 1.29 is 13.9 Å². The fourth-order valence-corrected chi connectivity index (χ4v) is 2.03. The van der Waals surface area contributed by atoms with Gasteiger partial charge in [-0.15, -0.1) is 0 Å². The van der Waals surface area contributed by atoms with Crippen molar-refractivity contribution in [2.24, 2.45) is 5.73 Å². The van der Waals surface area contributed by atoms with Gasteiger partial charge in [0.25, 0.3) is 0 Å². The highest BCUT2D eigenvalue weighted by Gasteiger charge is 2.07. The lowest BCUT2D eigenvalue weighted by atomic mass is 10.1. The van der Waals surface area contributed by atoms with Crippen molar-refractivity contribution in [2.75, 3.05) is 11.9 Å². The van der Waals surface area contributed by atoms with E-state index < -0.39 is 0 Å². The first-order valence-corrected chi connectivity index (χ1v) is 7.01. The molecular formula is C16H20N2O3. The number of anilines is 1. The van der Waals surface area contributed by atoms with Crippen LogP contribution in [0.25, 0.3) is 0 Å². The molecule has 0 atom stereocenters. The van der Waals surface area contributed by atoms with Gasteiger partial charge in [-0.25, -0.2) is 0 Å². The molecule has 2 rings (SSSR count). The summed E-state index contributed by atoms with van der Waals surface area (Å²) in [5.74, 6) is 1.51. The molecule has 0 saturated carbocycles. The van der Waals surface area contributed by atoms with Gasteiger partial charge in [-0.2, -0.15) is 0 Å². The zero-order chi connectivity index (χ0) is 15.1. The van der Waals surface area contributed by atoms with Crippen LogP contribution in [-0.2, 0) is 17.8 Å².